The van der Waals surface area contributed by atoms with Crippen molar-refractivity contribution in [2.45, 2.75) is 13.3 Å². The molecule has 0 saturated carbocycles. The van der Waals surface area contributed by atoms with E-state index >= 15 is 0 Å². The average Bonchev–Trinajstić information content (AvgIpc) is 3.24. The van der Waals surface area contributed by atoms with Gasteiger partial charge in [0.25, 0.3) is 5.91 Å². The monoisotopic (exact) mass is 382 g/mol. The SMILES string of the molecule is Cc1cccc(C(=O)NCCc2ccccn2)c1-c1cc(-c2ccccc2)[nH]n1. The molecule has 2 aromatic carbocycles. The normalized spacial score (nSPS) is 10.7. The van der Waals surface area contributed by atoms with Crippen molar-refractivity contribution in [2.75, 3.05) is 6.54 Å². The van der Waals surface area contributed by atoms with Gasteiger partial charge in [0.05, 0.1) is 11.4 Å². The van der Waals surface area contributed by atoms with Gasteiger partial charge in [-0.2, -0.15) is 5.10 Å². The molecule has 144 valence electrons. The lowest BCUT2D eigenvalue weighted by molar-refractivity contribution is 0.0954. The number of carbonyl (C=O) groups excluding carboxylic acids is 1. The molecule has 1 amide bonds. The van der Waals surface area contributed by atoms with Crippen molar-refractivity contribution >= 4 is 5.91 Å². The van der Waals surface area contributed by atoms with E-state index in [1.54, 1.807) is 6.20 Å². The van der Waals surface area contributed by atoms with Crippen molar-refractivity contribution in [1.82, 2.24) is 20.5 Å². The highest BCUT2D eigenvalue weighted by atomic mass is 16.1. The maximum atomic E-state index is 12.9. The zero-order valence-electron chi connectivity index (χ0n) is 16.2. The van der Waals surface area contributed by atoms with Crippen LogP contribution in [0, 0.1) is 6.92 Å². The number of rotatable bonds is 6. The first kappa shape index (κ1) is 18.6. The molecule has 4 rings (SSSR count). The third kappa shape index (κ3) is 4.24. The quantitative estimate of drug-likeness (QED) is 0.519. The summed E-state index contributed by atoms with van der Waals surface area (Å²) in [6.07, 6.45) is 2.45. The van der Waals surface area contributed by atoms with E-state index in [0.29, 0.717) is 18.5 Å². The standard InChI is InChI=1S/C24H22N4O/c1-17-8-7-12-20(24(29)26-15-13-19-11-5-6-14-25-19)23(17)22-16-21(27-28-22)18-9-3-2-4-10-18/h2-12,14,16H,13,15H2,1H3,(H,26,29)(H,27,28). The molecule has 29 heavy (non-hydrogen) atoms. The first-order valence-electron chi connectivity index (χ1n) is 9.61. The van der Waals surface area contributed by atoms with Gasteiger partial charge in [0.2, 0.25) is 0 Å². The summed E-state index contributed by atoms with van der Waals surface area (Å²) in [5.41, 5.74) is 6.17. The fourth-order valence-corrected chi connectivity index (χ4v) is 3.36. The topological polar surface area (TPSA) is 70.7 Å². The van der Waals surface area contributed by atoms with E-state index in [4.69, 9.17) is 0 Å². The van der Waals surface area contributed by atoms with E-state index in [9.17, 15) is 4.79 Å². The van der Waals surface area contributed by atoms with Crippen LogP contribution in [0.15, 0.2) is 79.0 Å². The van der Waals surface area contributed by atoms with Gasteiger partial charge in [-0.3, -0.25) is 14.9 Å². The number of hydrogen-bond donors (Lipinski definition) is 2. The number of aromatic nitrogens is 3. The Morgan fingerprint density at radius 1 is 1.00 bits per heavy atom. The number of carbonyl (C=O) groups is 1. The number of aromatic amines is 1. The Hall–Kier alpha value is -3.73. The van der Waals surface area contributed by atoms with E-state index in [1.165, 1.54) is 0 Å². The first-order valence-corrected chi connectivity index (χ1v) is 9.61. The summed E-state index contributed by atoms with van der Waals surface area (Å²) in [5.74, 6) is -0.108. The van der Waals surface area contributed by atoms with Crippen LogP contribution in [-0.2, 0) is 6.42 Å². The van der Waals surface area contributed by atoms with E-state index in [0.717, 1.165) is 33.8 Å². The molecular weight excluding hydrogens is 360 g/mol. The van der Waals surface area contributed by atoms with Gasteiger partial charge in [-0.1, -0.05) is 48.5 Å². The van der Waals surface area contributed by atoms with Gasteiger partial charge in [-0.15, -0.1) is 0 Å². The molecule has 0 saturated heterocycles. The molecule has 4 aromatic rings. The molecule has 2 heterocycles. The molecule has 0 bridgehead atoms. The van der Waals surface area contributed by atoms with Crippen LogP contribution in [0.3, 0.4) is 0 Å². The molecule has 0 radical (unpaired) electrons. The summed E-state index contributed by atoms with van der Waals surface area (Å²) in [6.45, 7) is 2.52. The van der Waals surface area contributed by atoms with Crippen LogP contribution in [0.1, 0.15) is 21.6 Å². The van der Waals surface area contributed by atoms with E-state index in [-0.39, 0.29) is 5.91 Å². The maximum absolute atomic E-state index is 12.9. The Morgan fingerprint density at radius 2 is 1.83 bits per heavy atom. The smallest absolute Gasteiger partial charge is 0.251 e. The molecule has 5 nitrogen and oxygen atoms in total. The number of nitrogens with one attached hydrogen (secondary N) is 2. The van der Waals surface area contributed by atoms with E-state index < -0.39 is 0 Å². The number of hydrogen-bond acceptors (Lipinski definition) is 3. The van der Waals surface area contributed by atoms with Gasteiger partial charge in [-0.25, -0.2) is 0 Å². The Kier molecular flexibility index (Phi) is 5.47. The van der Waals surface area contributed by atoms with Crippen molar-refractivity contribution in [1.29, 1.82) is 0 Å². The fourth-order valence-electron chi connectivity index (χ4n) is 3.36. The lowest BCUT2D eigenvalue weighted by Crippen LogP contribution is -2.26. The summed E-state index contributed by atoms with van der Waals surface area (Å²) < 4.78 is 0. The third-order valence-corrected chi connectivity index (χ3v) is 4.83. The minimum absolute atomic E-state index is 0.108. The Bertz CT molecular complexity index is 1100. The molecular formula is C24H22N4O. The number of benzene rings is 2. The Labute approximate surface area is 169 Å². The van der Waals surface area contributed by atoms with Crippen LogP contribution in [0.4, 0.5) is 0 Å². The van der Waals surface area contributed by atoms with Crippen molar-refractivity contribution < 1.29 is 4.79 Å². The largest absolute Gasteiger partial charge is 0.352 e. The van der Waals surface area contributed by atoms with Crippen molar-refractivity contribution in [2.24, 2.45) is 0 Å². The van der Waals surface area contributed by atoms with Gasteiger partial charge in [0, 0.05) is 36.0 Å². The summed E-state index contributed by atoms with van der Waals surface area (Å²) >= 11 is 0. The fraction of sp³-hybridized carbons (Fsp3) is 0.125. The van der Waals surface area contributed by atoms with Crippen LogP contribution in [0.2, 0.25) is 0 Å². The molecule has 0 fully saturated rings. The number of amides is 1. The maximum Gasteiger partial charge on any atom is 0.251 e. The lowest BCUT2D eigenvalue weighted by atomic mass is 9.98. The number of nitrogens with zero attached hydrogens (tertiary/aromatic N) is 2. The summed E-state index contributed by atoms with van der Waals surface area (Å²) in [4.78, 5) is 17.2. The Morgan fingerprint density at radius 3 is 2.62 bits per heavy atom. The molecule has 0 aliphatic heterocycles. The number of aryl methyl sites for hydroxylation is 1. The van der Waals surface area contributed by atoms with Crippen LogP contribution < -0.4 is 5.32 Å². The van der Waals surface area contributed by atoms with E-state index in [2.05, 4.69) is 20.5 Å². The lowest BCUT2D eigenvalue weighted by Gasteiger charge is -2.11. The second-order valence-corrected chi connectivity index (χ2v) is 6.86. The van der Waals surface area contributed by atoms with Gasteiger partial charge in [-0.05, 0) is 42.3 Å². The highest BCUT2D eigenvalue weighted by Gasteiger charge is 2.17. The van der Waals surface area contributed by atoms with Crippen molar-refractivity contribution in [3.8, 4) is 22.5 Å². The summed E-state index contributed by atoms with van der Waals surface area (Å²) in [5, 5.41) is 10.6. The molecule has 0 atom stereocenters. The predicted octanol–water partition coefficient (Wildman–Crippen LogP) is 4.42. The molecule has 2 N–H and O–H groups in total. The average molecular weight is 382 g/mol. The molecule has 0 spiro atoms. The first-order chi connectivity index (χ1) is 14.2. The second kappa shape index (κ2) is 8.52. The van der Waals surface area contributed by atoms with Crippen molar-refractivity contribution in [3.05, 3.63) is 95.8 Å². The third-order valence-electron chi connectivity index (χ3n) is 4.83. The summed E-state index contributed by atoms with van der Waals surface area (Å²) in [7, 11) is 0. The zero-order chi connectivity index (χ0) is 20.1. The minimum atomic E-state index is -0.108. The molecule has 2 aromatic heterocycles. The molecule has 5 heteroatoms. The Balaban J connectivity index is 1.56. The van der Waals surface area contributed by atoms with Gasteiger partial charge in [0.1, 0.15) is 0 Å². The highest BCUT2D eigenvalue weighted by Crippen LogP contribution is 2.29. The van der Waals surface area contributed by atoms with Gasteiger partial charge < -0.3 is 5.32 Å². The van der Waals surface area contributed by atoms with Crippen LogP contribution >= 0.6 is 0 Å². The van der Waals surface area contributed by atoms with E-state index in [1.807, 2.05) is 79.7 Å². The molecule has 0 unspecified atom stereocenters. The molecule has 0 aliphatic carbocycles. The van der Waals surface area contributed by atoms with Crippen LogP contribution in [0.5, 0.6) is 0 Å². The number of H-pyrrole nitrogens is 1. The van der Waals surface area contributed by atoms with Crippen molar-refractivity contribution in [3.63, 3.8) is 0 Å². The highest BCUT2D eigenvalue weighted by molar-refractivity contribution is 6.01. The predicted molar refractivity (Wildman–Crippen MR) is 114 cm³/mol. The van der Waals surface area contributed by atoms with Gasteiger partial charge >= 0.3 is 0 Å². The van der Waals surface area contributed by atoms with Gasteiger partial charge in [0.15, 0.2) is 0 Å². The van der Waals surface area contributed by atoms with Crippen LogP contribution in [0.25, 0.3) is 22.5 Å². The molecule has 0 aliphatic rings. The summed E-state index contributed by atoms with van der Waals surface area (Å²) in [6, 6.07) is 23.5. The zero-order valence-corrected chi connectivity index (χ0v) is 16.2. The number of pyridine rings is 1. The minimum Gasteiger partial charge on any atom is -0.352 e. The second-order valence-electron chi connectivity index (χ2n) is 6.86. The van der Waals surface area contributed by atoms with Crippen LogP contribution in [-0.4, -0.2) is 27.6 Å².